The molecule has 1 heterocycles. The number of nitrogens with one attached hydrogen (secondary N) is 2. The summed E-state index contributed by atoms with van der Waals surface area (Å²) in [5.74, 6) is -0.485. The Hall–Kier alpha value is -2.39. The molecule has 10 heteroatoms. The largest absolute Gasteiger partial charge is 0.324 e. The van der Waals surface area contributed by atoms with E-state index in [1.54, 1.807) is 19.1 Å². The summed E-state index contributed by atoms with van der Waals surface area (Å²) in [6, 6.07) is 5.93. The van der Waals surface area contributed by atoms with Crippen molar-refractivity contribution in [1.82, 2.24) is 9.78 Å². The van der Waals surface area contributed by atoms with E-state index in [1.165, 1.54) is 12.3 Å². The highest BCUT2D eigenvalue weighted by Crippen LogP contribution is 2.21. The normalized spacial score (nSPS) is 11.1. The number of benzene rings is 1. The van der Waals surface area contributed by atoms with Gasteiger partial charge in [-0.25, -0.2) is 13.1 Å². The monoisotopic (exact) mass is 370 g/mol. The third kappa shape index (κ3) is 5.07. The van der Waals surface area contributed by atoms with E-state index in [1.807, 2.05) is 0 Å². The van der Waals surface area contributed by atoms with Crippen LogP contribution < -0.4 is 15.6 Å². The van der Waals surface area contributed by atoms with Crippen LogP contribution in [0.25, 0.3) is 0 Å². The van der Waals surface area contributed by atoms with Crippen LogP contribution in [-0.2, 0) is 21.4 Å². The molecule has 0 bridgehead atoms. The second-order valence-corrected chi connectivity index (χ2v) is 7.31. The van der Waals surface area contributed by atoms with Gasteiger partial charge >= 0.3 is 0 Å². The van der Waals surface area contributed by atoms with Crippen LogP contribution in [-0.4, -0.2) is 30.4 Å². The van der Waals surface area contributed by atoms with Gasteiger partial charge in [-0.2, -0.15) is 5.10 Å². The van der Waals surface area contributed by atoms with Crippen molar-refractivity contribution in [3.8, 4) is 0 Å². The highest BCUT2D eigenvalue weighted by Gasteiger charge is 2.10. The molecule has 24 heavy (non-hydrogen) atoms. The maximum Gasteiger partial charge on any atom is 0.268 e. The molecule has 0 atom stereocenters. The Balaban J connectivity index is 2.14. The van der Waals surface area contributed by atoms with Gasteiger partial charge in [0.15, 0.2) is 0 Å². The molecular weight excluding hydrogens is 356 g/mol. The second kappa shape index (κ2) is 7.02. The number of nitrogens with zero attached hydrogens (tertiary/aromatic N) is 2. The summed E-state index contributed by atoms with van der Waals surface area (Å²) in [5, 5.41) is 6.53. The van der Waals surface area contributed by atoms with Crippen molar-refractivity contribution >= 4 is 38.9 Å². The van der Waals surface area contributed by atoms with Gasteiger partial charge in [0.25, 0.3) is 5.56 Å². The summed E-state index contributed by atoms with van der Waals surface area (Å²) in [6.07, 6.45) is 2.30. The maximum atomic E-state index is 12.0. The van der Waals surface area contributed by atoms with E-state index in [-0.39, 0.29) is 11.6 Å². The minimum absolute atomic E-state index is 0.187. The smallest absolute Gasteiger partial charge is 0.268 e. The van der Waals surface area contributed by atoms with E-state index in [2.05, 4.69) is 15.1 Å². The number of hydrogen-bond acceptors (Lipinski definition) is 5. The molecule has 0 unspecified atom stereocenters. The number of sulfonamides is 1. The molecule has 2 aromatic rings. The molecule has 1 aromatic carbocycles. The Kier molecular flexibility index (Phi) is 5.25. The van der Waals surface area contributed by atoms with Crippen molar-refractivity contribution in [1.29, 1.82) is 0 Å². The molecule has 0 aliphatic carbocycles. The molecule has 0 aliphatic rings. The van der Waals surface area contributed by atoms with E-state index in [0.717, 1.165) is 17.0 Å². The van der Waals surface area contributed by atoms with Crippen LogP contribution in [0.3, 0.4) is 0 Å². The summed E-state index contributed by atoms with van der Waals surface area (Å²) in [4.78, 5) is 23.7. The minimum Gasteiger partial charge on any atom is -0.324 e. The maximum absolute atomic E-state index is 12.0. The molecule has 2 rings (SSSR count). The summed E-state index contributed by atoms with van der Waals surface area (Å²) >= 11 is 5.64. The molecular formula is C14H15ClN4O4S. The molecule has 1 amide bonds. The zero-order valence-electron chi connectivity index (χ0n) is 12.9. The molecule has 0 fully saturated rings. The number of hydrogen-bond donors (Lipinski definition) is 2. The molecule has 0 spiro atoms. The number of aryl methyl sites for hydroxylation is 1. The first-order chi connectivity index (χ1) is 11.1. The van der Waals surface area contributed by atoms with Gasteiger partial charge in [-0.3, -0.25) is 14.3 Å². The molecule has 0 radical (unpaired) electrons. The van der Waals surface area contributed by atoms with Crippen molar-refractivity contribution in [2.45, 2.75) is 13.5 Å². The van der Waals surface area contributed by atoms with Crippen molar-refractivity contribution in [2.75, 3.05) is 16.3 Å². The average molecular weight is 371 g/mol. The lowest BCUT2D eigenvalue weighted by Crippen LogP contribution is -2.29. The van der Waals surface area contributed by atoms with Crippen LogP contribution in [0.1, 0.15) is 5.56 Å². The first kappa shape index (κ1) is 18.0. The summed E-state index contributed by atoms with van der Waals surface area (Å²) in [7, 11) is -3.43. The van der Waals surface area contributed by atoms with Crippen LogP contribution in [0.4, 0.5) is 11.4 Å². The predicted octanol–water partition coefficient (Wildman–Crippen LogP) is 1.22. The topological polar surface area (TPSA) is 110 Å². The van der Waals surface area contributed by atoms with Gasteiger partial charge < -0.3 is 5.32 Å². The first-order valence-electron chi connectivity index (χ1n) is 6.75. The van der Waals surface area contributed by atoms with Gasteiger partial charge in [0.1, 0.15) is 6.54 Å². The van der Waals surface area contributed by atoms with E-state index >= 15 is 0 Å². The highest BCUT2D eigenvalue weighted by molar-refractivity contribution is 7.92. The molecule has 128 valence electrons. The Morgan fingerprint density at radius 3 is 2.67 bits per heavy atom. The lowest BCUT2D eigenvalue weighted by Gasteiger charge is -2.11. The molecule has 0 saturated heterocycles. The van der Waals surface area contributed by atoms with Crippen molar-refractivity contribution in [3.05, 3.63) is 51.4 Å². The third-order valence-electron chi connectivity index (χ3n) is 2.95. The van der Waals surface area contributed by atoms with Crippen molar-refractivity contribution in [2.24, 2.45) is 0 Å². The molecule has 0 aliphatic heterocycles. The van der Waals surface area contributed by atoms with Crippen LogP contribution >= 0.6 is 11.6 Å². The highest BCUT2D eigenvalue weighted by atomic mass is 35.5. The quantitative estimate of drug-likeness (QED) is 0.822. The van der Waals surface area contributed by atoms with E-state index in [0.29, 0.717) is 16.9 Å². The van der Waals surface area contributed by atoms with Gasteiger partial charge in [-0.05, 0) is 24.6 Å². The number of aromatic nitrogens is 2. The number of amides is 1. The van der Waals surface area contributed by atoms with Crippen molar-refractivity contribution < 1.29 is 13.2 Å². The lowest BCUT2D eigenvalue weighted by atomic mass is 10.2. The minimum atomic E-state index is -3.43. The first-order valence-corrected chi connectivity index (χ1v) is 9.02. The lowest BCUT2D eigenvalue weighted by molar-refractivity contribution is -0.117. The fourth-order valence-electron chi connectivity index (χ4n) is 1.88. The average Bonchev–Trinajstić information content (AvgIpc) is 2.44. The van der Waals surface area contributed by atoms with Gasteiger partial charge in [0.2, 0.25) is 15.9 Å². The standard InChI is InChI=1S/C14H15ClN4O4S/c1-9-3-4-11(6-12(9)18-24(2,22)23)17-13(20)8-19-14(21)5-10(15)7-16-19/h3-7,18H,8H2,1-2H3,(H,17,20). The zero-order chi connectivity index (χ0) is 17.9. The Labute approximate surface area is 143 Å². The molecule has 2 N–H and O–H groups in total. The molecule has 1 aromatic heterocycles. The number of rotatable bonds is 5. The number of halogens is 1. The SMILES string of the molecule is Cc1ccc(NC(=O)Cn2ncc(Cl)cc2=O)cc1NS(C)(=O)=O. The van der Waals surface area contributed by atoms with Crippen LogP contribution in [0.2, 0.25) is 5.02 Å². The molecule has 8 nitrogen and oxygen atoms in total. The summed E-state index contributed by atoms with van der Waals surface area (Å²) in [6.45, 7) is 1.44. The Bertz CT molecular complexity index is 940. The summed E-state index contributed by atoms with van der Waals surface area (Å²) in [5.41, 5.74) is 0.950. The second-order valence-electron chi connectivity index (χ2n) is 5.12. The van der Waals surface area contributed by atoms with Crippen molar-refractivity contribution in [3.63, 3.8) is 0 Å². The van der Waals surface area contributed by atoms with Gasteiger partial charge in [0.05, 0.1) is 23.2 Å². The zero-order valence-corrected chi connectivity index (χ0v) is 14.5. The number of carbonyl (C=O) groups is 1. The van der Waals surface area contributed by atoms with Crippen LogP contribution in [0.5, 0.6) is 0 Å². The Morgan fingerprint density at radius 1 is 1.33 bits per heavy atom. The van der Waals surface area contributed by atoms with Gasteiger partial charge in [-0.1, -0.05) is 17.7 Å². The van der Waals surface area contributed by atoms with Gasteiger partial charge in [0, 0.05) is 11.8 Å². The fraction of sp³-hybridized carbons (Fsp3) is 0.214. The molecule has 0 saturated carbocycles. The van der Waals surface area contributed by atoms with Gasteiger partial charge in [-0.15, -0.1) is 0 Å². The van der Waals surface area contributed by atoms with E-state index in [4.69, 9.17) is 11.6 Å². The van der Waals surface area contributed by atoms with E-state index < -0.39 is 21.5 Å². The fourth-order valence-corrected chi connectivity index (χ4v) is 2.63. The van der Waals surface area contributed by atoms with Crippen LogP contribution in [0, 0.1) is 6.92 Å². The number of carbonyl (C=O) groups excluding carboxylic acids is 1. The van der Waals surface area contributed by atoms with E-state index in [9.17, 15) is 18.0 Å². The third-order valence-corrected chi connectivity index (χ3v) is 3.74. The predicted molar refractivity (Wildman–Crippen MR) is 91.8 cm³/mol. The number of anilines is 2. The summed E-state index contributed by atoms with van der Waals surface area (Å²) < 4.78 is 26.0. The Morgan fingerprint density at radius 2 is 2.04 bits per heavy atom. The van der Waals surface area contributed by atoms with Crippen LogP contribution in [0.15, 0.2) is 35.3 Å².